The van der Waals surface area contributed by atoms with Crippen molar-refractivity contribution in [2.24, 2.45) is 5.16 Å². The van der Waals surface area contributed by atoms with Crippen molar-refractivity contribution in [2.75, 3.05) is 13.2 Å². The maximum atomic E-state index is 13.2. The van der Waals surface area contributed by atoms with Crippen LogP contribution in [0.4, 0.5) is 0 Å². The van der Waals surface area contributed by atoms with Gasteiger partial charge in [0.2, 0.25) is 0 Å². The van der Waals surface area contributed by atoms with Gasteiger partial charge in [0.15, 0.2) is 5.78 Å². The number of carbonyl (C=O) groups is 1. The fraction of sp³-hybridized carbons (Fsp3) is 0.231. The number of carbonyl (C=O) groups excluding carboxylic acids is 1. The molecule has 0 amide bonds. The summed E-state index contributed by atoms with van der Waals surface area (Å²) in [7, 11) is 0. The molecular weight excluding hydrogens is 388 g/mol. The third kappa shape index (κ3) is 3.84. The number of ketones is 1. The van der Waals surface area contributed by atoms with Gasteiger partial charge in [-0.2, -0.15) is 0 Å². The Morgan fingerprint density at radius 1 is 1.00 bits per heavy atom. The van der Waals surface area contributed by atoms with Crippen molar-refractivity contribution in [3.05, 3.63) is 82.9 Å². The fourth-order valence-corrected chi connectivity index (χ4v) is 4.05. The van der Waals surface area contributed by atoms with Gasteiger partial charge in [-0.05, 0) is 62.2 Å². The van der Waals surface area contributed by atoms with E-state index in [1.54, 1.807) is 6.92 Å². The largest absolute Gasteiger partial charge is 0.411 e. The van der Waals surface area contributed by atoms with Gasteiger partial charge in [0.05, 0.1) is 12.3 Å². The van der Waals surface area contributed by atoms with E-state index in [1.807, 2.05) is 74.5 Å². The SMILES string of the molecule is CCOCCn1c2ccc(C(=O)c3ccccc3C)cc2c2cc(/C(C)=N\O)ccc21. The summed E-state index contributed by atoms with van der Waals surface area (Å²) in [5.41, 5.74) is 5.83. The smallest absolute Gasteiger partial charge is 0.193 e. The fourth-order valence-electron chi connectivity index (χ4n) is 4.05. The van der Waals surface area contributed by atoms with E-state index >= 15 is 0 Å². The quantitative estimate of drug-likeness (QED) is 0.141. The number of nitrogens with zero attached hydrogens (tertiary/aromatic N) is 2. The van der Waals surface area contributed by atoms with Crippen molar-refractivity contribution >= 4 is 33.3 Å². The zero-order chi connectivity index (χ0) is 22.0. The molecule has 4 rings (SSSR count). The molecule has 0 saturated heterocycles. The van der Waals surface area contributed by atoms with Crippen LogP contribution in [0.2, 0.25) is 0 Å². The summed E-state index contributed by atoms with van der Waals surface area (Å²) < 4.78 is 7.81. The first-order valence-electron chi connectivity index (χ1n) is 10.5. The zero-order valence-electron chi connectivity index (χ0n) is 18.1. The van der Waals surface area contributed by atoms with Crippen LogP contribution in [-0.4, -0.2) is 34.5 Å². The summed E-state index contributed by atoms with van der Waals surface area (Å²) in [5.74, 6) is 0.0134. The number of aryl methyl sites for hydroxylation is 1. The van der Waals surface area contributed by atoms with Crippen LogP contribution < -0.4 is 0 Å². The van der Waals surface area contributed by atoms with E-state index in [9.17, 15) is 10.0 Å². The summed E-state index contributed by atoms with van der Waals surface area (Å²) in [6, 6.07) is 19.5. The number of hydrogen-bond donors (Lipinski definition) is 1. The molecule has 0 aliphatic rings. The number of fused-ring (bicyclic) bond motifs is 3. The number of aromatic nitrogens is 1. The average Bonchev–Trinajstić information content (AvgIpc) is 3.11. The molecule has 1 N–H and O–H groups in total. The topological polar surface area (TPSA) is 63.8 Å². The Morgan fingerprint density at radius 2 is 1.65 bits per heavy atom. The van der Waals surface area contributed by atoms with E-state index in [2.05, 4.69) is 9.72 Å². The van der Waals surface area contributed by atoms with Crippen molar-refractivity contribution in [1.82, 2.24) is 4.57 Å². The van der Waals surface area contributed by atoms with E-state index in [1.165, 1.54) is 0 Å². The lowest BCUT2D eigenvalue weighted by atomic mass is 9.97. The van der Waals surface area contributed by atoms with Crippen molar-refractivity contribution in [3.63, 3.8) is 0 Å². The third-order valence-electron chi connectivity index (χ3n) is 5.75. The molecule has 0 saturated carbocycles. The normalized spacial score (nSPS) is 12.0. The van der Waals surface area contributed by atoms with E-state index in [4.69, 9.17) is 4.74 Å². The number of hydrogen-bond acceptors (Lipinski definition) is 4. The molecule has 1 aromatic heterocycles. The lowest BCUT2D eigenvalue weighted by molar-refractivity contribution is 0.103. The lowest BCUT2D eigenvalue weighted by Gasteiger charge is -2.08. The molecule has 0 bridgehead atoms. The van der Waals surface area contributed by atoms with Gasteiger partial charge in [-0.15, -0.1) is 0 Å². The highest BCUT2D eigenvalue weighted by atomic mass is 16.5. The van der Waals surface area contributed by atoms with Gasteiger partial charge < -0.3 is 14.5 Å². The predicted octanol–water partition coefficient (Wildman–Crippen LogP) is 5.57. The van der Waals surface area contributed by atoms with Crippen LogP contribution in [0.25, 0.3) is 21.8 Å². The van der Waals surface area contributed by atoms with Crippen LogP contribution in [0.1, 0.15) is 40.9 Å². The Labute approximate surface area is 181 Å². The van der Waals surface area contributed by atoms with E-state index in [0.717, 1.165) is 32.9 Å². The van der Waals surface area contributed by atoms with Gasteiger partial charge in [-0.3, -0.25) is 4.79 Å². The summed E-state index contributed by atoms with van der Waals surface area (Å²) in [5, 5.41) is 14.6. The minimum atomic E-state index is 0.0134. The molecule has 0 radical (unpaired) electrons. The van der Waals surface area contributed by atoms with E-state index < -0.39 is 0 Å². The molecule has 0 aliphatic carbocycles. The molecular formula is C26H26N2O3. The van der Waals surface area contributed by atoms with Crippen LogP contribution in [0, 0.1) is 6.92 Å². The molecule has 0 aliphatic heterocycles. The maximum absolute atomic E-state index is 13.2. The highest BCUT2D eigenvalue weighted by Crippen LogP contribution is 2.31. The summed E-state index contributed by atoms with van der Waals surface area (Å²) >= 11 is 0. The Hall–Kier alpha value is -3.44. The first kappa shape index (κ1) is 20.8. The van der Waals surface area contributed by atoms with Crippen LogP contribution in [-0.2, 0) is 11.3 Å². The maximum Gasteiger partial charge on any atom is 0.193 e. The standard InChI is InChI=1S/C26H26N2O3/c1-4-31-14-13-28-24-11-9-19(18(3)27-30)15-22(24)23-16-20(10-12-25(23)28)26(29)21-8-6-5-7-17(21)2/h5-12,15-16,30H,4,13-14H2,1-3H3/b27-18-. The Balaban J connectivity index is 1.91. The van der Waals surface area contributed by atoms with Gasteiger partial charge in [0.1, 0.15) is 0 Å². The van der Waals surface area contributed by atoms with Gasteiger partial charge in [0.25, 0.3) is 0 Å². The van der Waals surface area contributed by atoms with E-state index in [0.29, 0.717) is 36.6 Å². The first-order valence-corrected chi connectivity index (χ1v) is 10.5. The molecule has 158 valence electrons. The lowest BCUT2D eigenvalue weighted by Crippen LogP contribution is -2.06. The van der Waals surface area contributed by atoms with Crippen molar-refractivity contribution in [3.8, 4) is 0 Å². The molecule has 1 heterocycles. The second-order valence-corrected chi connectivity index (χ2v) is 7.64. The second-order valence-electron chi connectivity index (χ2n) is 7.64. The van der Waals surface area contributed by atoms with Crippen molar-refractivity contribution < 1.29 is 14.7 Å². The number of oxime groups is 1. The van der Waals surface area contributed by atoms with Crippen molar-refractivity contribution in [2.45, 2.75) is 27.3 Å². The van der Waals surface area contributed by atoms with Crippen LogP contribution >= 0.6 is 0 Å². The molecule has 3 aromatic carbocycles. The molecule has 4 aromatic rings. The molecule has 0 unspecified atom stereocenters. The van der Waals surface area contributed by atoms with E-state index in [-0.39, 0.29) is 5.78 Å². The molecule has 31 heavy (non-hydrogen) atoms. The monoisotopic (exact) mass is 414 g/mol. The molecule has 0 spiro atoms. The van der Waals surface area contributed by atoms with Gasteiger partial charge in [-0.1, -0.05) is 35.5 Å². The summed E-state index contributed by atoms with van der Waals surface area (Å²) in [4.78, 5) is 13.2. The number of ether oxygens (including phenoxy) is 1. The Kier molecular flexibility index (Phi) is 5.87. The van der Waals surface area contributed by atoms with Gasteiger partial charge in [0, 0.05) is 46.1 Å². The highest BCUT2D eigenvalue weighted by Gasteiger charge is 2.16. The summed E-state index contributed by atoms with van der Waals surface area (Å²) in [6.07, 6.45) is 0. The van der Waals surface area contributed by atoms with Crippen LogP contribution in [0.15, 0.2) is 65.8 Å². The summed E-state index contributed by atoms with van der Waals surface area (Å²) in [6.45, 7) is 7.70. The Bertz CT molecular complexity index is 1300. The van der Waals surface area contributed by atoms with Crippen molar-refractivity contribution in [1.29, 1.82) is 0 Å². The second kappa shape index (κ2) is 8.74. The van der Waals surface area contributed by atoms with Gasteiger partial charge in [-0.25, -0.2) is 0 Å². The minimum Gasteiger partial charge on any atom is -0.411 e. The molecule has 5 nitrogen and oxygen atoms in total. The Morgan fingerprint density at radius 3 is 2.29 bits per heavy atom. The predicted molar refractivity (Wildman–Crippen MR) is 125 cm³/mol. The number of rotatable bonds is 7. The first-order chi connectivity index (χ1) is 15.0. The molecule has 0 fully saturated rings. The van der Waals surface area contributed by atoms with Crippen LogP contribution in [0.3, 0.4) is 0 Å². The van der Waals surface area contributed by atoms with Crippen LogP contribution in [0.5, 0.6) is 0 Å². The third-order valence-corrected chi connectivity index (χ3v) is 5.75. The molecule has 0 atom stereocenters. The number of benzene rings is 3. The average molecular weight is 415 g/mol. The van der Waals surface area contributed by atoms with Gasteiger partial charge >= 0.3 is 0 Å². The highest BCUT2D eigenvalue weighted by molar-refractivity contribution is 6.16. The molecule has 5 heteroatoms. The minimum absolute atomic E-state index is 0.0134. The zero-order valence-corrected chi connectivity index (χ0v) is 18.1.